The lowest BCUT2D eigenvalue weighted by atomic mass is 9.94. The molecule has 2 amide bonds. The largest absolute Gasteiger partial charge is 0.329 e. The molecule has 0 atom stereocenters. The predicted molar refractivity (Wildman–Crippen MR) is 73.4 cm³/mol. The van der Waals surface area contributed by atoms with Crippen molar-refractivity contribution in [2.24, 2.45) is 0 Å². The Labute approximate surface area is 113 Å². The lowest BCUT2D eigenvalue weighted by Gasteiger charge is -2.33. The second kappa shape index (κ2) is 5.59. The van der Waals surface area contributed by atoms with E-state index in [0.717, 1.165) is 31.5 Å². The number of benzene rings is 1. The van der Waals surface area contributed by atoms with Gasteiger partial charge in [-0.25, -0.2) is 9.18 Å². The van der Waals surface area contributed by atoms with Crippen LogP contribution in [0.2, 0.25) is 0 Å². The summed E-state index contributed by atoms with van der Waals surface area (Å²) in [7, 11) is 0. The third kappa shape index (κ3) is 3.46. The van der Waals surface area contributed by atoms with Crippen LogP contribution in [-0.4, -0.2) is 24.0 Å². The number of carbonyl (C=O) groups excluding carboxylic acids is 1. The number of piperidine rings is 1. The average molecular weight is 264 g/mol. The van der Waals surface area contributed by atoms with E-state index < -0.39 is 5.54 Å². The standard InChI is InChI=1S/C15H21FN2O/c1-15(2,12-7-6-8-13(16)11-12)17-14(19)18-9-4-3-5-10-18/h6-8,11H,3-5,9-10H2,1-2H3,(H,17,19). The summed E-state index contributed by atoms with van der Waals surface area (Å²) in [4.78, 5) is 14.0. The fourth-order valence-corrected chi connectivity index (χ4v) is 2.39. The highest BCUT2D eigenvalue weighted by atomic mass is 19.1. The lowest BCUT2D eigenvalue weighted by molar-refractivity contribution is 0.176. The monoisotopic (exact) mass is 264 g/mol. The highest BCUT2D eigenvalue weighted by molar-refractivity contribution is 5.75. The molecule has 104 valence electrons. The first-order chi connectivity index (χ1) is 8.99. The van der Waals surface area contributed by atoms with Crippen molar-refractivity contribution in [3.63, 3.8) is 0 Å². The Hall–Kier alpha value is -1.58. The number of rotatable bonds is 2. The Bertz CT molecular complexity index is 453. The molecule has 19 heavy (non-hydrogen) atoms. The van der Waals surface area contributed by atoms with Crippen LogP contribution in [0.15, 0.2) is 24.3 Å². The highest BCUT2D eigenvalue weighted by Crippen LogP contribution is 2.21. The minimum Gasteiger partial charge on any atom is -0.329 e. The summed E-state index contributed by atoms with van der Waals surface area (Å²) < 4.78 is 13.3. The van der Waals surface area contributed by atoms with E-state index in [9.17, 15) is 9.18 Å². The third-order valence-corrected chi connectivity index (χ3v) is 3.61. The molecule has 4 heteroatoms. The van der Waals surface area contributed by atoms with Gasteiger partial charge in [0.2, 0.25) is 0 Å². The summed E-state index contributed by atoms with van der Waals surface area (Å²) in [6.45, 7) is 5.41. The molecule has 1 heterocycles. The lowest BCUT2D eigenvalue weighted by Crippen LogP contribution is -2.49. The van der Waals surface area contributed by atoms with Gasteiger partial charge in [-0.2, -0.15) is 0 Å². The van der Waals surface area contributed by atoms with Gasteiger partial charge in [0, 0.05) is 13.1 Å². The van der Waals surface area contributed by atoms with Crippen LogP contribution in [-0.2, 0) is 5.54 Å². The van der Waals surface area contributed by atoms with Crippen LogP contribution in [0.1, 0.15) is 38.7 Å². The van der Waals surface area contributed by atoms with Crippen LogP contribution in [0, 0.1) is 5.82 Å². The van der Waals surface area contributed by atoms with E-state index in [0.29, 0.717) is 0 Å². The van der Waals surface area contributed by atoms with Gasteiger partial charge in [0.15, 0.2) is 0 Å². The fourth-order valence-electron chi connectivity index (χ4n) is 2.39. The Morgan fingerprint density at radius 2 is 1.95 bits per heavy atom. The summed E-state index contributed by atoms with van der Waals surface area (Å²) >= 11 is 0. The number of nitrogens with zero attached hydrogens (tertiary/aromatic N) is 1. The number of hydrogen-bond donors (Lipinski definition) is 1. The fraction of sp³-hybridized carbons (Fsp3) is 0.533. The quantitative estimate of drug-likeness (QED) is 0.873. The van der Waals surface area contributed by atoms with Crippen molar-refractivity contribution in [2.45, 2.75) is 38.6 Å². The van der Waals surface area contributed by atoms with Crippen LogP contribution in [0.25, 0.3) is 0 Å². The van der Waals surface area contributed by atoms with E-state index >= 15 is 0 Å². The maximum Gasteiger partial charge on any atom is 0.318 e. The summed E-state index contributed by atoms with van der Waals surface area (Å²) in [6, 6.07) is 6.32. The second-order valence-electron chi connectivity index (χ2n) is 5.61. The van der Waals surface area contributed by atoms with E-state index in [1.54, 1.807) is 6.07 Å². The number of halogens is 1. The van der Waals surface area contributed by atoms with E-state index in [-0.39, 0.29) is 11.8 Å². The first kappa shape index (κ1) is 13.8. The molecule has 1 aliphatic rings. The van der Waals surface area contributed by atoms with Crippen molar-refractivity contribution in [3.05, 3.63) is 35.6 Å². The van der Waals surface area contributed by atoms with Crippen LogP contribution in [0.4, 0.5) is 9.18 Å². The summed E-state index contributed by atoms with van der Waals surface area (Å²) in [5, 5.41) is 2.99. The Balaban J connectivity index is 2.05. The van der Waals surface area contributed by atoms with Gasteiger partial charge in [-0.15, -0.1) is 0 Å². The van der Waals surface area contributed by atoms with E-state index in [1.807, 2.05) is 24.8 Å². The van der Waals surface area contributed by atoms with Gasteiger partial charge in [0.05, 0.1) is 5.54 Å². The first-order valence-corrected chi connectivity index (χ1v) is 6.82. The molecule has 2 rings (SSSR count). The van der Waals surface area contributed by atoms with Crippen molar-refractivity contribution in [2.75, 3.05) is 13.1 Å². The smallest absolute Gasteiger partial charge is 0.318 e. The minimum absolute atomic E-state index is 0.0611. The molecule has 1 aliphatic heterocycles. The molecule has 3 nitrogen and oxygen atoms in total. The zero-order valence-corrected chi connectivity index (χ0v) is 11.6. The Kier molecular flexibility index (Phi) is 4.08. The molecule has 0 spiro atoms. The van der Waals surface area contributed by atoms with Gasteiger partial charge < -0.3 is 10.2 Å². The minimum atomic E-state index is -0.573. The predicted octanol–water partition coefficient (Wildman–Crippen LogP) is 3.26. The second-order valence-corrected chi connectivity index (χ2v) is 5.61. The maximum absolute atomic E-state index is 13.3. The maximum atomic E-state index is 13.3. The van der Waals surface area contributed by atoms with Crippen LogP contribution in [0.5, 0.6) is 0 Å². The number of likely N-dealkylation sites (tertiary alicyclic amines) is 1. The number of amides is 2. The van der Waals surface area contributed by atoms with Crippen molar-refractivity contribution in [3.8, 4) is 0 Å². The van der Waals surface area contributed by atoms with Gasteiger partial charge in [-0.3, -0.25) is 0 Å². The third-order valence-electron chi connectivity index (χ3n) is 3.61. The van der Waals surface area contributed by atoms with Crippen molar-refractivity contribution in [1.29, 1.82) is 0 Å². The Morgan fingerprint density at radius 1 is 1.26 bits per heavy atom. The molecule has 0 radical (unpaired) electrons. The van der Waals surface area contributed by atoms with Gasteiger partial charge in [0.25, 0.3) is 0 Å². The molecule has 1 saturated heterocycles. The topological polar surface area (TPSA) is 32.3 Å². The van der Waals surface area contributed by atoms with Crippen molar-refractivity contribution < 1.29 is 9.18 Å². The molecule has 1 N–H and O–H groups in total. The van der Waals surface area contributed by atoms with E-state index in [4.69, 9.17) is 0 Å². The summed E-state index contributed by atoms with van der Waals surface area (Å²) in [5.41, 5.74) is 0.203. The van der Waals surface area contributed by atoms with E-state index in [2.05, 4.69) is 5.32 Å². The average Bonchev–Trinajstić information content (AvgIpc) is 2.39. The van der Waals surface area contributed by atoms with Crippen LogP contribution < -0.4 is 5.32 Å². The normalized spacial score (nSPS) is 16.3. The van der Waals surface area contributed by atoms with Gasteiger partial charge in [0.1, 0.15) is 5.82 Å². The highest BCUT2D eigenvalue weighted by Gasteiger charge is 2.26. The Morgan fingerprint density at radius 3 is 2.58 bits per heavy atom. The zero-order chi connectivity index (χ0) is 13.9. The number of urea groups is 1. The van der Waals surface area contributed by atoms with Crippen molar-refractivity contribution in [1.82, 2.24) is 10.2 Å². The van der Waals surface area contributed by atoms with Crippen molar-refractivity contribution >= 4 is 6.03 Å². The molecule has 0 aromatic heterocycles. The summed E-state index contributed by atoms with van der Waals surface area (Å²) in [5.74, 6) is -0.280. The molecule has 0 bridgehead atoms. The molecule has 0 saturated carbocycles. The first-order valence-electron chi connectivity index (χ1n) is 6.82. The number of carbonyl (C=O) groups is 1. The molecular formula is C15H21FN2O. The molecular weight excluding hydrogens is 243 g/mol. The molecule has 0 aliphatic carbocycles. The zero-order valence-electron chi connectivity index (χ0n) is 11.6. The molecule has 1 aromatic rings. The molecule has 0 unspecified atom stereocenters. The van der Waals surface area contributed by atoms with Gasteiger partial charge in [-0.1, -0.05) is 12.1 Å². The van der Waals surface area contributed by atoms with Gasteiger partial charge in [-0.05, 0) is 50.8 Å². The van der Waals surface area contributed by atoms with Gasteiger partial charge >= 0.3 is 6.03 Å². The van der Waals surface area contributed by atoms with Crippen LogP contribution >= 0.6 is 0 Å². The molecule has 1 aromatic carbocycles. The summed E-state index contributed by atoms with van der Waals surface area (Å²) in [6.07, 6.45) is 3.32. The van der Waals surface area contributed by atoms with E-state index in [1.165, 1.54) is 18.6 Å². The number of hydrogen-bond acceptors (Lipinski definition) is 1. The number of nitrogens with one attached hydrogen (secondary N) is 1. The van der Waals surface area contributed by atoms with Crippen LogP contribution in [0.3, 0.4) is 0 Å². The molecule has 1 fully saturated rings. The SMILES string of the molecule is CC(C)(NC(=O)N1CCCCC1)c1cccc(F)c1.